The lowest BCUT2D eigenvalue weighted by Gasteiger charge is -2.13. The second-order valence-electron chi connectivity index (χ2n) is 4.58. The van der Waals surface area contributed by atoms with E-state index in [-0.39, 0.29) is 0 Å². The highest BCUT2D eigenvalue weighted by atomic mass is 127. The molecule has 0 amide bonds. The lowest BCUT2D eigenvalue weighted by molar-refractivity contribution is 1.17. The molecule has 0 aliphatic carbocycles. The number of nitrogens with zero attached hydrogens (tertiary/aromatic N) is 3. The number of pyridine rings is 1. The first-order valence-corrected chi connectivity index (χ1v) is 8.10. The third-order valence-corrected chi connectivity index (χ3v) is 4.02. The van der Waals surface area contributed by atoms with Crippen molar-refractivity contribution in [2.75, 3.05) is 16.4 Å². The molecule has 0 aliphatic rings. The van der Waals surface area contributed by atoms with E-state index in [1.807, 2.05) is 24.3 Å². The monoisotopic (exact) mass is 438 g/mol. The van der Waals surface area contributed by atoms with Crippen LogP contribution in [0.2, 0.25) is 5.15 Å². The summed E-state index contributed by atoms with van der Waals surface area (Å²) in [7, 11) is 0. The molecule has 4 N–H and O–H groups in total. The zero-order valence-corrected chi connectivity index (χ0v) is 14.7. The van der Waals surface area contributed by atoms with Crippen molar-refractivity contribution >= 4 is 62.9 Å². The van der Waals surface area contributed by atoms with E-state index in [2.05, 4.69) is 48.2 Å². The molecule has 2 heterocycles. The van der Waals surface area contributed by atoms with E-state index >= 15 is 0 Å². The Bertz CT molecular complexity index is 824. The fourth-order valence-corrected chi connectivity index (χ4v) is 2.40. The van der Waals surface area contributed by atoms with Crippen LogP contribution in [0.15, 0.2) is 48.9 Å². The van der Waals surface area contributed by atoms with Crippen LogP contribution in [0.1, 0.15) is 0 Å². The number of hydrogen-bond donors (Lipinski definition) is 3. The summed E-state index contributed by atoms with van der Waals surface area (Å²) in [5, 5.41) is 6.58. The first-order valence-electron chi connectivity index (χ1n) is 6.64. The van der Waals surface area contributed by atoms with Crippen LogP contribution < -0.4 is 16.4 Å². The van der Waals surface area contributed by atoms with Gasteiger partial charge >= 0.3 is 0 Å². The van der Waals surface area contributed by atoms with E-state index < -0.39 is 0 Å². The molecular formula is C15H12ClIN6. The minimum absolute atomic E-state index is 0.345. The highest BCUT2D eigenvalue weighted by Gasteiger charge is 2.10. The van der Waals surface area contributed by atoms with Crippen LogP contribution in [0.5, 0.6) is 0 Å². The number of rotatable bonds is 4. The molecule has 1 aromatic carbocycles. The number of nitrogens with one attached hydrogen (secondary N) is 2. The van der Waals surface area contributed by atoms with Gasteiger partial charge in [0.2, 0.25) is 0 Å². The van der Waals surface area contributed by atoms with Crippen LogP contribution in [0.3, 0.4) is 0 Å². The van der Waals surface area contributed by atoms with Crippen molar-refractivity contribution in [1.29, 1.82) is 0 Å². The van der Waals surface area contributed by atoms with E-state index in [1.165, 1.54) is 6.33 Å². The second kappa shape index (κ2) is 6.97. The van der Waals surface area contributed by atoms with E-state index in [0.717, 1.165) is 9.26 Å². The number of nitrogen functional groups attached to an aromatic ring is 1. The second-order valence-corrected chi connectivity index (χ2v) is 6.19. The van der Waals surface area contributed by atoms with E-state index in [1.54, 1.807) is 18.3 Å². The van der Waals surface area contributed by atoms with Crippen LogP contribution in [-0.4, -0.2) is 15.0 Å². The Balaban J connectivity index is 1.86. The molecule has 2 aromatic heterocycles. The fourth-order valence-electron chi connectivity index (χ4n) is 1.87. The first-order chi connectivity index (χ1) is 11.1. The van der Waals surface area contributed by atoms with Crippen molar-refractivity contribution in [3.8, 4) is 0 Å². The molecule has 6 nitrogen and oxygen atoms in total. The van der Waals surface area contributed by atoms with Crippen LogP contribution in [0, 0.1) is 3.57 Å². The van der Waals surface area contributed by atoms with Crippen molar-refractivity contribution in [3.63, 3.8) is 0 Å². The molecule has 0 bridgehead atoms. The Labute approximate surface area is 151 Å². The van der Waals surface area contributed by atoms with Gasteiger partial charge in [-0.15, -0.1) is 0 Å². The van der Waals surface area contributed by atoms with Gasteiger partial charge in [0.1, 0.15) is 12.0 Å². The van der Waals surface area contributed by atoms with Gasteiger partial charge in [0.25, 0.3) is 0 Å². The summed E-state index contributed by atoms with van der Waals surface area (Å²) in [6.45, 7) is 0. The molecule has 116 valence electrons. The molecule has 0 unspecified atom stereocenters. The molecule has 3 aromatic rings. The van der Waals surface area contributed by atoms with Crippen LogP contribution in [0.25, 0.3) is 0 Å². The summed E-state index contributed by atoms with van der Waals surface area (Å²) in [5.74, 6) is 0.978. The smallest absolute Gasteiger partial charge is 0.159 e. The van der Waals surface area contributed by atoms with Gasteiger partial charge in [-0.2, -0.15) is 0 Å². The van der Waals surface area contributed by atoms with Crippen molar-refractivity contribution in [2.45, 2.75) is 0 Å². The maximum atomic E-state index is 6.14. The van der Waals surface area contributed by atoms with E-state index in [0.29, 0.717) is 28.2 Å². The van der Waals surface area contributed by atoms with E-state index in [9.17, 15) is 0 Å². The van der Waals surface area contributed by atoms with Crippen molar-refractivity contribution < 1.29 is 0 Å². The third kappa shape index (κ3) is 3.80. The summed E-state index contributed by atoms with van der Waals surface area (Å²) in [6, 6.07) is 11.5. The molecule has 0 aliphatic heterocycles. The third-order valence-electron chi connectivity index (χ3n) is 3.00. The molecule has 8 heteroatoms. The number of aromatic nitrogens is 3. The van der Waals surface area contributed by atoms with Gasteiger partial charge in [-0.25, -0.2) is 15.0 Å². The SMILES string of the molecule is Nc1c(Nc2ccc(I)cc2)ncnc1Nc1cccnc1Cl. The number of nitrogens with two attached hydrogens (primary N) is 1. The van der Waals surface area contributed by atoms with Gasteiger partial charge in [-0.1, -0.05) is 11.6 Å². The molecule has 0 spiro atoms. The number of benzene rings is 1. The molecule has 0 saturated carbocycles. The van der Waals surface area contributed by atoms with Crippen LogP contribution in [0.4, 0.5) is 28.7 Å². The molecule has 3 rings (SSSR count). The minimum Gasteiger partial charge on any atom is -0.393 e. The zero-order valence-electron chi connectivity index (χ0n) is 11.8. The summed E-state index contributed by atoms with van der Waals surface area (Å²) >= 11 is 8.29. The largest absolute Gasteiger partial charge is 0.393 e. The Hall–Kier alpha value is -2.13. The molecule has 0 fully saturated rings. The normalized spacial score (nSPS) is 10.3. The highest BCUT2D eigenvalue weighted by molar-refractivity contribution is 14.1. The van der Waals surface area contributed by atoms with Gasteiger partial charge < -0.3 is 16.4 Å². The lowest BCUT2D eigenvalue weighted by Crippen LogP contribution is -2.05. The average Bonchev–Trinajstić information content (AvgIpc) is 2.55. The number of anilines is 5. The predicted octanol–water partition coefficient (Wildman–Crippen LogP) is 4.20. The Morgan fingerprint density at radius 3 is 2.35 bits per heavy atom. The minimum atomic E-state index is 0.345. The maximum absolute atomic E-state index is 6.14. The molecule has 0 atom stereocenters. The fraction of sp³-hybridized carbons (Fsp3) is 0. The summed E-state index contributed by atoms with van der Waals surface area (Å²) in [4.78, 5) is 12.3. The van der Waals surface area contributed by atoms with Gasteiger partial charge in [-0.3, -0.25) is 0 Å². The Morgan fingerprint density at radius 2 is 1.65 bits per heavy atom. The molecule has 23 heavy (non-hydrogen) atoms. The maximum Gasteiger partial charge on any atom is 0.159 e. The van der Waals surface area contributed by atoms with E-state index in [4.69, 9.17) is 17.3 Å². The number of halogens is 2. The van der Waals surface area contributed by atoms with Gasteiger partial charge in [0, 0.05) is 15.5 Å². The van der Waals surface area contributed by atoms with Crippen molar-refractivity contribution in [3.05, 3.63) is 57.6 Å². The summed E-state index contributed by atoms with van der Waals surface area (Å²) in [5.41, 5.74) is 8.05. The first kappa shape index (κ1) is 15.8. The molecule has 0 saturated heterocycles. The average molecular weight is 439 g/mol. The van der Waals surface area contributed by atoms with Crippen LogP contribution in [-0.2, 0) is 0 Å². The quantitative estimate of drug-likeness (QED) is 0.418. The van der Waals surface area contributed by atoms with Crippen molar-refractivity contribution in [1.82, 2.24) is 15.0 Å². The van der Waals surface area contributed by atoms with Gasteiger partial charge in [0.05, 0.1) is 5.69 Å². The number of hydrogen-bond acceptors (Lipinski definition) is 6. The summed E-state index contributed by atoms with van der Waals surface area (Å²) < 4.78 is 1.15. The molecular weight excluding hydrogens is 427 g/mol. The molecule has 0 radical (unpaired) electrons. The van der Waals surface area contributed by atoms with Crippen LogP contribution >= 0.6 is 34.2 Å². The summed E-state index contributed by atoms with van der Waals surface area (Å²) in [6.07, 6.45) is 3.04. The predicted molar refractivity (Wildman–Crippen MR) is 101 cm³/mol. The zero-order chi connectivity index (χ0) is 16.2. The van der Waals surface area contributed by atoms with Crippen molar-refractivity contribution in [2.24, 2.45) is 0 Å². The topological polar surface area (TPSA) is 88.8 Å². The van der Waals surface area contributed by atoms with Gasteiger partial charge in [0.15, 0.2) is 16.8 Å². The highest BCUT2D eigenvalue weighted by Crippen LogP contribution is 2.30. The van der Waals surface area contributed by atoms with Gasteiger partial charge in [-0.05, 0) is 59.0 Å². The standard InChI is InChI=1S/C15H12ClIN6/c16-13-11(2-1-7-19-13)23-15-12(18)14(20-8-21-15)22-10-5-3-9(17)4-6-10/h1-8H,18H2,(H2,20,21,22,23). The Kier molecular flexibility index (Phi) is 4.77. The lowest BCUT2D eigenvalue weighted by atomic mass is 10.3. The Morgan fingerprint density at radius 1 is 0.957 bits per heavy atom.